The first-order valence-electron chi connectivity index (χ1n) is 15.7. The molecule has 0 unspecified atom stereocenters. The lowest BCUT2D eigenvalue weighted by Gasteiger charge is -2.18. The van der Waals surface area contributed by atoms with Crippen molar-refractivity contribution in [3.63, 3.8) is 0 Å². The van der Waals surface area contributed by atoms with Crippen molar-refractivity contribution in [2.45, 2.75) is 12.8 Å². The van der Waals surface area contributed by atoms with Gasteiger partial charge < -0.3 is 5.32 Å². The first-order valence-corrected chi connectivity index (χ1v) is 15.7. The molecule has 8 aromatic carbocycles. The first kappa shape index (κ1) is 24.1. The van der Waals surface area contributed by atoms with Crippen LogP contribution in [0.2, 0.25) is 0 Å². The zero-order chi connectivity index (χ0) is 28.8. The van der Waals surface area contributed by atoms with Gasteiger partial charge in [0.2, 0.25) is 0 Å². The van der Waals surface area contributed by atoms with E-state index in [-0.39, 0.29) is 0 Å². The molecule has 0 atom stereocenters. The van der Waals surface area contributed by atoms with Crippen LogP contribution in [0.1, 0.15) is 24.0 Å². The topological polar surface area (TPSA) is 12.0 Å². The number of rotatable bonds is 3. The lowest BCUT2D eigenvalue weighted by atomic mass is 9.86. The molecular weight excluding hydrogens is 530 g/mol. The molecule has 0 bridgehead atoms. The van der Waals surface area contributed by atoms with Gasteiger partial charge in [-0.05, 0) is 130 Å². The van der Waals surface area contributed by atoms with Gasteiger partial charge in [0, 0.05) is 12.2 Å². The van der Waals surface area contributed by atoms with Crippen LogP contribution in [-0.4, -0.2) is 6.54 Å². The highest BCUT2D eigenvalue weighted by Gasteiger charge is 2.26. The van der Waals surface area contributed by atoms with E-state index < -0.39 is 0 Å². The number of hydrogen-bond acceptors (Lipinski definition) is 1. The van der Waals surface area contributed by atoms with Crippen LogP contribution in [0.3, 0.4) is 0 Å². The number of fused-ring (bicyclic) bond motifs is 7. The van der Waals surface area contributed by atoms with E-state index in [0.29, 0.717) is 0 Å². The van der Waals surface area contributed by atoms with Gasteiger partial charge in [-0.15, -0.1) is 0 Å². The first-order chi connectivity index (χ1) is 21.8. The summed E-state index contributed by atoms with van der Waals surface area (Å²) in [6, 6.07) is 36.8. The van der Waals surface area contributed by atoms with Gasteiger partial charge in [0.15, 0.2) is 0 Å². The summed E-state index contributed by atoms with van der Waals surface area (Å²) in [5.74, 6) is 0. The van der Waals surface area contributed by atoms with E-state index in [1.807, 2.05) is 0 Å². The molecule has 1 heteroatoms. The van der Waals surface area contributed by atoms with Gasteiger partial charge in [-0.25, -0.2) is 0 Å². The van der Waals surface area contributed by atoms with Gasteiger partial charge >= 0.3 is 0 Å². The molecule has 1 heterocycles. The van der Waals surface area contributed by atoms with Crippen molar-refractivity contribution >= 4 is 75.9 Å². The number of allylic oxidation sites excluding steroid dienone is 6. The smallest absolute Gasteiger partial charge is 0.0416 e. The number of nitrogens with one attached hydrogen (secondary N) is 1. The van der Waals surface area contributed by atoms with Crippen LogP contribution in [-0.2, 0) is 0 Å². The summed E-state index contributed by atoms with van der Waals surface area (Å²) < 4.78 is 0. The third kappa shape index (κ3) is 3.24. The number of dihydropyridines is 1. The minimum absolute atomic E-state index is 0.864. The molecule has 0 fully saturated rings. The lowest BCUT2D eigenvalue weighted by molar-refractivity contribution is 0.996. The molecule has 0 radical (unpaired) electrons. The van der Waals surface area contributed by atoms with E-state index in [4.69, 9.17) is 0 Å². The van der Waals surface area contributed by atoms with Crippen LogP contribution in [0, 0.1) is 0 Å². The highest BCUT2D eigenvalue weighted by Crippen LogP contribution is 2.53. The molecule has 10 rings (SSSR count). The summed E-state index contributed by atoms with van der Waals surface area (Å²) in [4.78, 5) is 0. The zero-order valence-electron chi connectivity index (χ0n) is 24.3. The predicted molar refractivity (Wildman–Crippen MR) is 191 cm³/mol. The van der Waals surface area contributed by atoms with Crippen molar-refractivity contribution < 1.29 is 0 Å². The average Bonchev–Trinajstić information content (AvgIpc) is 3.61. The Hall–Kier alpha value is -5.40. The Balaban J connectivity index is 1.42. The van der Waals surface area contributed by atoms with E-state index in [1.54, 1.807) is 0 Å². The third-order valence-corrected chi connectivity index (χ3v) is 9.99. The van der Waals surface area contributed by atoms with E-state index in [9.17, 15) is 0 Å². The Morgan fingerprint density at radius 1 is 0.477 bits per heavy atom. The normalized spacial score (nSPS) is 15.3. The molecule has 0 saturated carbocycles. The standard InChI is InChI=1S/C43H29N/c1-2-11-27(12-3-1)39-36-25-30(28-15-8-16-29(23-28)37-21-6-7-22-44-37)24-35-31-17-4-5-18-32(31)41(40(35)36)43-34-20-10-14-26-13-9-19-33(38(26)34)42(39)43/h1-2,4-11,13-21,23-25,44H,3,12,22H2. The Morgan fingerprint density at radius 3 is 2.02 bits per heavy atom. The minimum atomic E-state index is 0.864. The Morgan fingerprint density at radius 2 is 1.20 bits per heavy atom. The van der Waals surface area contributed by atoms with Gasteiger partial charge in [0.05, 0.1) is 0 Å². The van der Waals surface area contributed by atoms with Crippen LogP contribution in [0.4, 0.5) is 0 Å². The monoisotopic (exact) mass is 559 g/mol. The van der Waals surface area contributed by atoms with Crippen LogP contribution in [0.25, 0.3) is 87.0 Å². The summed E-state index contributed by atoms with van der Waals surface area (Å²) in [5, 5.41) is 20.1. The minimum Gasteiger partial charge on any atom is -0.381 e. The van der Waals surface area contributed by atoms with Gasteiger partial charge in [-0.2, -0.15) is 0 Å². The third-order valence-electron chi connectivity index (χ3n) is 9.99. The molecule has 1 N–H and O–H groups in total. The second kappa shape index (κ2) is 9.05. The summed E-state index contributed by atoms with van der Waals surface area (Å²) in [6.45, 7) is 0.864. The maximum atomic E-state index is 3.55. The molecule has 2 aliphatic rings. The van der Waals surface area contributed by atoms with Crippen molar-refractivity contribution in [3.05, 3.63) is 145 Å². The molecule has 1 aliphatic carbocycles. The highest BCUT2D eigenvalue weighted by atomic mass is 14.9. The SMILES string of the molecule is C1=CCCC(c2c3cc(-c4cccc(C5=CC=CCN5)c4)cc4c5ccccc5c(c34)c3c4cccc5cccc(c23)c54)=C1. The largest absolute Gasteiger partial charge is 0.381 e. The van der Waals surface area contributed by atoms with Crippen molar-refractivity contribution in [3.8, 4) is 11.1 Å². The van der Waals surface area contributed by atoms with Crippen LogP contribution >= 0.6 is 0 Å². The molecule has 44 heavy (non-hydrogen) atoms. The summed E-state index contributed by atoms with van der Waals surface area (Å²) in [6.07, 6.45) is 15.5. The van der Waals surface area contributed by atoms with Gasteiger partial charge in [0.1, 0.15) is 0 Å². The van der Waals surface area contributed by atoms with Crippen molar-refractivity contribution in [1.29, 1.82) is 0 Å². The number of hydrogen-bond donors (Lipinski definition) is 1. The Kier molecular flexibility index (Phi) is 4.95. The molecule has 0 amide bonds. The second-order valence-corrected chi connectivity index (χ2v) is 12.3. The molecule has 0 aromatic heterocycles. The van der Waals surface area contributed by atoms with Crippen molar-refractivity contribution in [2.24, 2.45) is 0 Å². The summed E-state index contributed by atoms with van der Waals surface area (Å²) in [5.41, 5.74) is 7.78. The van der Waals surface area contributed by atoms with E-state index >= 15 is 0 Å². The fourth-order valence-electron chi connectivity index (χ4n) is 8.17. The van der Waals surface area contributed by atoms with Gasteiger partial charge in [-0.3, -0.25) is 0 Å². The number of benzene rings is 6. The van der Waals surface area contributed by atoms with Crippen molar-refractivity contribution in [2.75, 3.05) is 6.54 Å². The molecule has 8 aromatic rings. The molecular formula is C43H29N. The second-order valence-electron chi connectivity index (χ2n) is 12.3. The van der Waals surface area contributed by atoms with Crippen LogP contribution < -0.4 is 5.32 Å². The van der Waals surface area contributed by atoms with Gasteiger partial charge in [0.25, 0.3) is 0 Å². The summed E-state index contributed by atoms with van der Waals surface area (Å²) in [7, 11) is 0. The van der Waals surface area contributed by atoms with E-state index in [1.165, 1.54) is 98.2 Å². The lowest BCUT2D eigenvalue weighted by Crippen LogP contribution is -2.14. The zero-order valence-corrected chi connectivity index (χ0v) is 24.3. The van der Waals surface area contributed by atoms with Crippen LogP contribution in [0.15, 0.2) is 134 Å². The predicted octanol–water partition coefficient (Wildman–Crippen LogP) is 11.4. The maximum Gasteiger partial charge on any atom is 0.0416 e. The fourth-order valence-corrected chi connectivity index (χ4v) is 8.17. The Labute approximate surface area is 255 Å². The molecule has 1 aliphatic heterocycles. The van der Waals surface area contributed by atoms with Gasteiger partial charge in [-0.1, -0.05) is 109 Å². The molecule has 0 spiro atoms. The molecule has 1 nitrogen and oxygen atoms in total. The quantitative estimate of drug-likeness (QED) is 0.227. The fraction of sp³-hybridized carbons (Fsp3) is 0.0698. The van der Waals surface area contributed by atoms with Crippen molar-refractivity contribution in [1.82, 2.24) is 5.32 Å². The average molecular weight is 560 g/mol. The highest BCUT2D eigenvalue weighted by molar-refractivity contribution is 6.47. The van der Waals surface area contributed by atoms with E-state index in [2.05, 4.69) is 139 Å². The molecule has 0 saturated heterocycles. The maximum absolute atomic E-state index is 3.55. The molecule has 206 valence electrons. The Bertz CT molecular complexity index is 2580. The summed E-state index contributed by atoms with van der Waals surface area (Å²) >= 11 is 0. The van der Waals surface area contributed by atoms with E-state index in [0.717, 1.165) is 19.4 Å². The van der Waals surface area contributed by atoms with Crippen LogP contribution in [0.5, 0.6) is 0 Å².